The first-order valence-corrected chi connectivity index (χ1v) is 8.64. The van der Waals surface area contributed by atoms with Crippen molar-refractivity contribution < 1.29 is 14.0 Å². The van der Waals surface area contributed by atoms with Crippen LogP contribution in [0.5, 0.6) is 0 Å². The molecule has 0 aromatic heterocycles. The molecule has 1 aliphatic heterocycles. The molecule has 0 spiro atoms. The largest absolute Gasteiger partial charge is 0.353 e. The summed E-state index contributed by atoms with van der Waals surface area (Å²) in [5.41, 5.74) is 0.725. The number of nitrogens with one attached hydrogen (secondary N) is 2. The maximum absolute atomic E-state index is 13.3. The molecular weight excluding hydrogens is 309 g/mol. The van der Waals surface area contributed by atoms with E-state index in [-0.39, 0.29) is 29.7 Å². The van der Waals surface area contributed by atoms with E-state index in [9.17, 15) is 14.0 Å². The summed E-state index contributed by atoms with van der Waals surface area (Å²) < 4.78 is 13.3. The Kier molecular flexibility index (Phi) is 5.02. The van der Waals surface area contributed by atoms with E-state index in [2.05, 4.69) is 10.6 Å². The van der Waals surface area contributed by atoms with Crippen LogP contribution >= 0.6 is 0 Å². The van der Waals surface area contributed by atoms with Crippen molar-refractivity contribution in [2.75, 3.05) is 13.1 Å². The number of likely N-dealkylation sites (tertiary alicyclic amines) is 1. The van der Waals surface area contributed by atoms with E-state index < -0.39 is 0 Å². The third-order valence-electron chi connectivity index (χ3n) is 4.69. The molecule has 2 atom stereocenters. The lowest BCUT2D eigenvalue weighted by molar-refractivity contribution is -0.126. The lowest BCUT2D eigenvalue weighted by Crippen LogP contribution is -2.49. The Bertz CT molecular complexity index is 618. The molecule has 2 N–H and O–H groups in total. The van der Waals surface area contributed by atoms with Gasteiger partial charge in [-0.15, -0.1) is 0 Å². The number of benzene rings is 1. The van der Waals surface area contributed by atoms with Crippen molar-refractivity contribution in [2.24, 2.45) is 5.92 Å². The van der Waals surface area contributed by atoms with Crippen LogP contribution in [0.15, 0.2) is 24.3 Å². The zero-order valence-electron chi connectivity index (χ0n) is 13.9. The molecule has 0 bridgehead atoms. The zero-order chi connectivity index (χ0) is 17.1. The first kappa shape index (κ1) is 16.7. The minimum absolute atomic E-state index is 0.0631. The second-order valence-electron chi connectivity index (χ2n) is 6.79. The van der Waals surface area contributed by atoms with Crippen LogP contribution in [-0.2, 0) is 4.79 Å². The van der Waals surface area contributed by atoms with Gasteiger partial charge in [-0.1, -0.05) is 12.1 Å². The highest BCUT2D eigenvalue weighted by Crippen LogP contribution is 2.22. The Labute approximate surface area is 141 Å². The van der Waals surface area contributed by atoms with E-state index in [0.29, 0.717) is 19.1 Å². The molecule has 2 aliphatic rings. The lowest BCUT2D eigenvalue weighted by Gasteiger charge is -2.33. The minimum atomic E-state index is -0.316. The van der Waals surface area contributed by atoms with E-state index in [1.807, 2.05) is 6.92 Å². The predicted octanol–water partition coefficient (Wildman–Crippen LogP) is 2.59. The SMILES string of the molecule is C[C@H](NC(=O)N1CCC[C@H](C(=O)NC2CC2)C1)c1cccc(F)c1. The molecule has 1 aromatic rings. The van der Waals surface area contributed by atoms with Crippen molar-refractivity contribution in [1.82, 2.24) is 15.5 Å². The molecule has 1 aliphatic carbocycles. The number of carbonyl (C=O) groups is 2. The number of urea groups is 1. The summed E-state index contributed by atoms with van der Waals surface area (Å²) in [5.74, 6) is -0.383. The first-order chi connectivity index (χ1) is 11.5. The van der Waals surface area contributed by atoms with Gasteiger partial charge in [0.05, 0.1) is 12.0 Å². The molecular formula is C18H24FN3O2. The van der Waals surface area contributed by atoms with Gasteiger partial charge < -0.3 is 15.5 Å². The fraction of sp³-hybridized carbons (Fsp3) is 0.556. The summed E-state index contributed by atoms with van der Waals surface area (Å²) in [5, 5.41) is 5.91. The molecule has 130 valence electrons. The Balaban J connectivity index is 1.54. The minimum Gasteiger partial charge on any atom is -0.353 e. The highest BCUT2D eigenvalue weighted by molar-refractivity contribution is 5.81. The molecule has 24 heavy (non-hydrogen) atoms. The van der Waals surface area contributed by atoms with Gasteiger partial charge in [0.2, 0.25) is 5.91 Å². The van der Waals surface area contributed by atoms with Crippen LogP contribution in [-0.4, -0.2) is 36.0 Å². The molecule has 3 rings (SSSR count). The van der Waals surface area contributed by atoms with Gasteiger partial charge in [-0.05, 0) is 50.3 Å². The van der Waals surface area contributed by atoms with Gasteiger partial charge >= 0.3 is 6.03 Å². The number of hydrogen-bond donors (Lipinski definition) is 2. The average molecular weight is 333 g/mol. The summed E-state index contributed by atoms with van der Waals surface area (Å²) in [6.07, 6.45) is 3.77. The van der Waals surface area contributed by atoms with E-state index >= 15 is 0 Å². The Morgan fingerprint density at radius 3 is 2.79 bits per heavy atom. The van der Waals surface area contributed by atoms with Crippen LogP contribution in [0, 0.1) is 11.7 Å². The molecule has 1 saturated heterocycles. The van der Waals surface area contributed by atoms with Crippen LogP contribution in [0.25, 0.3) is 0 Å². The van der Waals surface area contributed by atoms with E-state index in [1.54, 1.807) is 17.0 Å². The highest BCUT2D eigenvalue weighted by atomic mass is 19.1. The van der Waals surface area contributed by atoms with E-state index in [0.717, 1.165) is 31.2 Å². The molecule has 1 saturated carbocycles. The lowest BCUT2D eigenvalue weighted by atomic mass is 9.97. The van der Waals surface area contributed by atoms with Gasteiger partial charge in [-0.25, -0.2) is 9.18 Å². The van der Waals surface area contributed by atoms with Gasteiger partial charge in [0.1, 0.15) is 5.82 Å². The zero-order valence-corrected chi connectivity index (χ0v) is 13.9. The van der Waals surface area contributed by atoms with Crippen LogP contribution < -0.4 is 10.6 Å². The fourth-order valence-electron chi connectivity index (χ4n) is 3.06. The fourth-order valence-corrected chi connectivity index (χ4v) is 3.06. The van der Waals surface area contributed by atoms with Crippen LogP contribution in [0.3, 0.4) is 0 Å². The van der Waals surface area contributed by atoms with E-state index in [1.165, 1.54) is 12.1 Å². The Morgan fingerprint density at radius 2 is 2.08 bits per heavy atom. The van der Waals surface area contributed by atoms with Crippen molar-refractivity contribution in [1.29, 1.82) is 0 Å². The molecule has 6 heteroatoms. The average Bonchev–Trinajstić information content (AvgIpc) is 3.39. The predicted molar refractivity (Wildman–Crippen MR) is 88.8 cm³/mol. The van der Waals surface area contributed by atoms with Crippen molar-refractivity contribution in [2.45, 2.75) is 44.7 Å². The summed E-state index contributed by atoms with van der Waals surface area (Å²) in [4.78, 5) is 26.3. The molecule has 2 fully saturated rings. The summed E-state index contributed by atoms with van der Waals surface area (Å²) in [7, 11) is 0. The van der Waals surface area contributed by atoms with Gasteiger partial charge in [0.25, 0.3) is 0 Å². The van der Waals surface area contributed by atoms with Crippen molar-refractivity contribution in [3.8, 4) is 0 Å². The molecule has 3 amide bonds. The number of halogens is 1. The number of amides is 3. The summed E-state index contributed by atoms with van der Waals surface area (Å²) in [6.45, 7) is 2.92. The molecule has 1 aromatic carbocycles. The molecule has 0 unspecified atom stereocenters. The quantitative estimate of drug-likeness (QED) is 0.890. The molecule has 5 nitrogen and oxygen atoms in total. The number of piperidine rings is 1. The second-order valence-corrected chi connectivity index (χ2v) is 6.79. The van der Waals surface area contributed by atoms with Crippen LogP contribution in [0.2, 0.25) is 0 Å². The van der Waals surface area contributed by atoms with Crippen molar-refractivity contribution in [3.05, 3.63) is 35.6 Å². The van der Waals surface area contributed by atoms with Crippen LogP contribution in [0.1, 0.15) is 44.2 Å². The topological polar surface area (TPSA) is 61.4 Å². The third kappa shape index (κ3) is 4.24. The van der Waals surface area contributed by atoms with E-state index in [4.69, 9.17) is 0 Å². The highest BCUT2D eigenvalue weighted by Gasteiger charge is 2.32. The smallest absolute Gasteiger partial charge is 0.317 e. The monoisotopic (exact) mass is 333 g/mol. The number of hydrogen-bond acceptors (Lipinski definition) is 2. The van der Waals surface area contributed by atoms with Gasteiger partial charge in [-0.3, -0.25) is 4.79 Å². The number of rotatable bonds is 4. The van der Waals surface area contributed by atoms with Crippen molar-refractivity contribution >= 4 is 11.9 Å². The second kappa shape index (κ2) is 7.20. The normalized spacial score (nSPS) is 21.9. The van der Waals surface area contributed by atoms with Crippen molar-refractivity contribution in [3.63, 3.8) is 0 Å². The summed E-state index contributed by atoms with van der Waals surface area (Å²) in [6, 6.07) is 6.08. The Morgan fingerprint density at radius 1 is 1.29 bits per heavy atom. The molecule has 1 heterocycles. The summed E-state index contributed by atoms with van der Waals surface area (Å²) >= 11 is 0. The third-order valence-corrected chi connectivity index (χ3v) is 4.69. The number of nitrogens with zero attached hydrogens (tertiary/aromatic N) is 1. The van der Waals surface area contributed by atoms with Gasteiger partial charge in [-0.2, -0.15) is 0 Å². The van der Waals surface area contributed by atoms with Crippen LogP contribution in [0.4, 0.5) is 9.18 Å². The van der Waals surface area contributed by atoms with Gasteiger partial charge in [0, 0.05) is 19.1 Å². The first-order valence-electron chi connectivity index (χ1n) is 8.64. The number of carbonyl (C=O) groups excluding carboxylic acids is 2. The molecule has 0 radical (unpaired) electrons. The van der Waals surface area contributed by atoms with Gasteiger partial charge in [0.15, 0.2) is 0 Å². The standard InChI is InChI=1S/C18H24FN3O2/c1-12(13-4-2-6-15(19)10-13)20-18(24)22-9-3-5-14(11-22)17(23)21-16-7-8-16/h2,4,6,10,12,14,16H,3,5,7-9,11H2,1H3,(H,20,24)(H,21,23)/t12-,14-/m0/s1. The maximum Gasteiger partial charge on any atom is 0.317 e. The maximum atomic E-state index is 13.3. The Hall–Kier alpha value is -2.11.